The van der Waals surface area contributed by atoms with E-state index < -0.39 is 10.0 Å². The standard InChI is InChI=1S/C25H33N3O4S/c1-21-11-13-28(14-12-21)33(30,31)24-9-7-23(8-10-24)32-20-25(29)27-17-15-26(16-18-27)19-22-5-3-2-4-6-22/h2-10,21H,11-20H2,1H3. The minimum absolute atomic E-state index is 0.0468. The predicted molar refractivity (Wildman–Crippen MR) is 127 cm³/mol. The summed E-state index contributed by atoms with van der Waals surface area (Å²) in [6.45, 7) is 7.16. The Kier molecular flexibility index (Phi) is 7.67. The van der Waals surface area contributed by atoms with Crippen molar-refractivity contribution in [2.45, 2.75) is 31.2 Å². The first kappa shape index (κ1) is 23.7. The molecule has 0 aliphatic carbocycles. The lowest BCUT2D eigenvalue weighted by atomic mass is 10.0. The summed E-state index contributed by atoms with van der Waals surface area (Å²) >= 11 is 0. The lowest BCUT2D eigenvalue weighted by Crippen LogP contribution is -2.49. The van der Waals surface area contributed by atoms with Crippen LogP contribution in [-0.4, -0.2) is 74.3 Å². The van der Waals surface area contributed by atoms with Gasteiger partial charge in [-0.3, -0.25) is 9.69 Å². The highest BCUT2D eigenvalue weighted by Crippen LogP contribution is 2.25. The van der Waals surface area contributed by atoms with Crippen LogP contribution >= 0.6 is 0 Å². The Morgan fingerprint density at radius 1 is 0.909 bits per heavy atom. The van der Waals surface area contributed by atoms with Gasteiger partial charge in [0.2, 0.25) is 10.0 Å². The number of carbonyl (C=O) groups is 1. The molecule has 0 bridgehead atoms. The second kappa shape index (κ2) is 10.7. The Morgan fingerprint density at radius 2 is 1.55 bits per heavy atom. The van der Waals surface area contributed by atoms with Crippen molar-refractivity contribution >= 4 is 15.9 Å². The van der Waals surface area contributed by atoms with Crippen molar-refractivity contribution in [3.8, 4) is 5.75 Å². The highest BCUT2D eigenvalue weighted by Gasteiger charge is 2.28. The van der Waals surface area contributed by atoms with Crippen LogP contribution in [0.25, 0.3) is 0 Å². The highest BCUT2D eigenvalue weighted by molar-refractivity contribution is 7.89. The van der Waals surface area contributed by atoms with Gasteiger partial charge in [0.25, 0.3) is 5.91 Å². The van der Waals surface area contributed by atoms with Crippen LogP contribution in [0.3, 0.4) is 0 Å². The molecule has 0 unspecified atom stereocenters. The molecule has 4 rings (SSSR count). The molecule has 0 spiro atoms. The zero-order valence-electron chi connectivity index (χ0n) is 19.2. The van der Waals surface area contributed by atoms with Gasteiger partial charge in [0, 0.05) is 45.8 Å². The molecule has 2 saturated heterocycles. The van der Waals surface area contributed by atoms with Crippen LogP contribution in [-0.2, 0) is 21.4 Å². The Bertz CT molecular complexity index is 1010. The monoisotopic (exact) mass is 471 g/mol. The second-order valence-electron chi connectivity index (χ2n) is 8.99. The number of nitrogens with zero attached hydrogens (tertiary/aromatic N) is 3. The summed E-state index contributed by atoms with van der Waals surface area (Å²) in [7, 11) is -3.48. The summed E-state index contributed by atoms with van der Waals surface area (Å²) in [5.74, 6) is 1.02. The molecule has 178 valence electrons. The molecule has 2 aromatic carbocycles. The van der Waals surface area contributed by atoms with E-state index in [4.69, 9.17) is 4.74 Å². The molecule has 0 atom stereocenters. The van der Waals surface area contributed by atoms with Crippen LogP contribution in [0, 0.1) is 5.92 Å². The van der Waals surface area contributed by atoms with Gasteiger partial charge in [-0.15, -0.1) is 0 Å². The minimum atomic E-state index is -3.48. The van der Waals surface area contributed by atoms with Gasteiger partial charge < -0.3 is 9.64 Å². The summed E-state index contributed by atoms with van der Waals surface area (Å²) in [5.41, 5.74) is 1.28. The number of piperazine rings is 1. The largest absolute Gasteiger partial charge is 0.484 e. The van der Waals surface area contributed by atoms with Gasteiger partial charge in [0.15, 0.2) is 6.61 Å². The Labute approximate surface area is 197 Å². The fraction of sp³-hybridized carbons (Fsp3) is 0.480. The first-order valence-electron chi connectivity index (χ1n) is 11.7. The van der Waals surface area contributed by atoms with E-state index in [2.05, 4.69) is 24.0 Å². The average molecular weight is 472 g/mol. The van der Waals surface area contributed by atoms with E-state index in [1.54, 1.807) is 28.6 Å². The van der Waals surface area contributed by atoms with Gasteiger partial charge in [0.1, 0.15) is 5.75 Å². The molecule has 8 heteroatoms. The number of carbonyl (C=O) groups excluding carboxylic acids is 1. The van der Waals surface area contributed by atoms with Gasteiger partial charge in [-0.2, -0.15) is 4.31 Å². The number of sulfonamides is 1. The first-order chi connectivity index (χ1) is 15.9. The van der Waals surface area contributed by atoms with Crippen LogP contribution < -0.4 is 4.74 Å². The van der Waals surface area contributed by atoms with Crippen LogP contribution in [0.15, 0.2) is 59.5 Å². The van der Waals surface area contributed by atoms with E-state index in [1.165, 1.54) is 5.56 Å². The molecule has 7 nitrogen and oxygen atoms in total. The van der Waals surface area contributed by atoms with Crippen molar-refractivity contribution in [2.75, 3.05) is 45.9 Å². The van der Waals surface area contributed by atoms with Crippen molar-refractivity contribution < 1.29 is 17.9 Å². The summed E-state index contributed by atoms with van der Waals surface area (Å²) in [5, 5.41) is 0. The molecule has 0 saturated carbocycles. The zero-order valence-corrected chi connectivity index (χ0v) is 20.0. The maximum atomic E-state index is 12.8. The van der Waals surface area contributed by atoms with E-state index in [1.807, 2.05) is 23.1 Å². The third kappa shape index (κ3) is 6.13. The summed E-state index contributed by atoms with van der Waals surface area (Å²) < 4.78 is 32.9. The lowest BCUT2D eigenvalue weighted by molar-refractivity contribution is -0.135. The van der Waals surface area contributed by atoms with Crippen molar-refractivity contribution in [1.29, 1.82) is 0 Å². The number of hydrogen-bond acceptors (Lipinski definition) is 5. The van der Waals surface area contributed by atoms with Gasteiger partial charge in [-0.25, -0.2) is 8.42 Å². The molecule has 0 N–H and O–H groups in total. The molecule has 2 heterocycles. The SMILES string of the molecule is CC1CCN(S(=O)(=O)c2ccc(OCC(=O)N3CCN(Cc4ccccc4)CC3)cc2)CC1. The van der Waals surface area contributed by atoms with Crippen LogP contribution in [0.5, 0.6) is 5.75 Å². The first-order valence-corrected chi connectivity index (χ1v) is 13.1. The van der Waals surface area contributed by atoms with Gasteiger partial charge in [-0.1, -0.05) is 37.3 Å². The topological polar surface area (TPSA) is 70.2 Å². The van der Waals surface area contributed by atoms with E-state index in [0.717, 1.165) is 32.5 Å². The fourth-order valence-electron chi connectivity index (χ4n) is 4.32. The molecule has 0 aromatic heterocycles. The average Bonchev–Trinajstić information content (AvgIpc) is 2.84. The van der Waals surface area contributed by atoms with Crippen LogP contribution in [0.1, 0.15) is 25.3 Å². The Hall–Kier alpha value is -2.42. The number of benzene rings is 2. The quantitative estimate of drug-likeness (QED) is 0.621. The van der Waals surface area contributed by atoms with E-state index >= 15 is 0 Å². The predicted octanol–water partition coefficient (Wildman–Crippen LogP) is 2.83. The third-order valence-electron chi connectivity index (χ3n) is 6.54. The van der Waals surface area contributed by atoms with Crippen molar-refractivity contribution in [3.63, 3.8) is 0 Å². The van der Waals surface area contributed by atoms with Crippen LogP contribution in [0.4, 0.5) is 0 Å². The van der Waals surface area contributed by atoms with E-state index in [0.29, 0.717) is 37.8 Å². The smallest absolute Gasteiger partial charge is 0.260 e. The third-order valence-corrected chi connectivity index (χ3v) is 8.45. The molecule has 2 aliphatic heterocycles. The Morgan fingerprint density at radius 3 is 2.18 bits per heavy atom. The normalized spacial score (nSPS) is 18.9. The highest BCUT2D eigenvalue weighted by atomic mass is 32.2. The molecule has 1 amide bonds. The van der Waals surface area contributed by atoms with Crippen molar-refractivity contribution in [2.24, 2.45) is 5.92 Å². The minimum Gasteiger partial charge on any atom is -0.484 e. The maximum absolute atomic E-state index is 12.8. The summed E-state index contributed by atoms with van der Waals surface area (Å²) in [4.78, 5) is 17.0. The Balaban J connectivity index is 1.23. The van der Waals surface area contributed by atoms with Gasteiger partial charge in [0.05, 0.1) is 4.90 Å². The second-order valence-corrected chi connectivity index (χ2v) is 10.9. The summed E-state index contributed by atoms with van der Waals surface area (Å²) in [6.07, 6.45) is 1.78. The number of rotatable bonds is 7. The lowest BCUT2D eigenvalue weighted by Gasteiger charge is -2.34. The molecular weight excluding hydrogens is 438 g/mol. The number of amides is 1. The van der Waals surface area contributed by atoms with E-state index in [9.17, 15) is 13.2 Å². The zero-order chi connectivity index (χ0) is 23.3. The molecular formula is C25H33N3O4S. The number of hydrogen-bond donors (Lipinski definition) is 0. The van der Waals surface area contributed by atoms with Crippen LogP contribution in [0.2, 0.25) is 0 Å². The van der Waals surface area contributed by atoms with E-state index in [-0.39, 0.29) is 17.4 Å². The maximum Gasteiger partial charge on any atom is 0.260 e. The fourth-order valence-corrected chi connectivity index (χ4v) is 5.79. The summed E-state index contributed by atoms with van der Waals surface area (Å²) in [6, 6.07) is 16.7. The van der Waals surface area contributed by atoms with Gasteiger partial charge in [-0.05, 0) is 48.6 Å². The number of ether oxygens (including phenoxy) is 1. The molecule has 0 radical (unpaired) electrons. The molecule has 2 aromatic rings. The van der Waals surface area contributed by atoms with Crippen molar-refractivity contribution in [3.05, 3.63) is 60.2 Å². The molecule has 2 aliphatic rings. The van der Waals surface area contributed by atoms with Gasteiger partial charge >= 0.3 is 0 Å². The molecule has 33 heavy (non-hydrogen) atoms. The number of piperidine rings is 1. The van der Waals surface area contributed by atoms with Crippen molar-refractivity contribution in [1.82, 2.24) is 14.1 Å². The molecule has 2 fully saturated rings.